The van der Waals surface area contributed by atoms with Crippen LogP contribution in [0.25, 0.3) is 0 Å². The lowest BCUT2D eigenvalue weighted by Gasteiger charge is -2.07. The van der Waals surface area contributed by atoms with Gasteiger partial charge in [-0.3, -0.25) is 9.59 Å². The number of nitrogens with one attached hydrogen (secondary N) is 2. The fraction of sp³-hybridized carbons (Fsp3) is 0.222. The van der Waals surface area contributed by atoms with E-state index in [0.717, 1.165) is 22.9 Å². The zero-order chi connectivity index (χ0) is 16.2. The summed E-state index contributed by atoms with van der Waals surface area (Å²) in [6.07, 6.45) is 2.15. The van der Waals surface area contributed by atoms with E-state index < -0.39 is 0 Å². The number of rotatable bonds is 5. The van der Waals surface area contributed by atoms with Crippen LogP contribution in [0.15, 0.2) is 53.0 Å². The fourth-order valence-electron chi connectivity index (χ4n) is 2.18. The van der Waals surface area contributed by atoms with Gasteiger partial charge < -0.3 is 10.6 Å². The Balaban J connectivity index is 1.55. The first-order valence-electron chi connectivity index (χ1n) is 7.55. The average Bonchev–Trinajstić information content (AvgIpc) is 3.37. The topological polar surface area (TPSA) is 58.2 Å². The molecular weight excluding hydrogens is 356 g/mol. The standard InChI is InChI=1S/C18H17BrN2O2/c19-15-3-1-2-14(10-15)17(22)20-11-12-4-6-13(7-5-12)18(23)21-16-8-9-16/h1-7,10,16H,8-9,11H2,(H,20,22)(H,21,23). The maximum Gasteiger partial charge on any atom is 0.251 e. The summed E-state index contributed by atoms with van der Waals surface area (Å²) in [5.41, 5.74) is 2.22. The normalized spacial score (nSPS) is 13.4. The summed E-state index contributed by atoms with van der Waals surface area (Å²) in [7, 11) is 0. The number of benzene rings is 2. The fourth-order valence-corrected chi connectivity index (χ4v) is 2.58. The lowest BCUT2D eigenvalue weighted by molar-refractivity contribution is 0.0941. The van der Waals surface area contributed by atoms with E-state index in [2.05, 4.69) is 26.6 Å². The van der Waals surface area contributed by atoms with Gasteiger partial charge in [0.15, 0.2) is 0 Å². The zero-order valence-electron chi connectivity index (χ0n) is 12.5. The van der Waals surface area contributed by atoms with E-state index in [4.69, 9.17) is 0 Å². The van der Waals surface area contributed by atoms with Crippen molar-refractivity contribution in [3.8, 4) is 0 Å². The molecule has 23 heavy (non-hydrogen) atoms. The minimum Gasteiger partial charge on any atom is -0.349 e. The molecule has 2 aromatic carbocycles. The van der Waals surface area contributed by atoms with Gasteiger partial charge in [-0.25, -0.2) is 0 Å². The van der Waals surface area contributed by atoms with Gasteiger partial charge in [0.1, 0.15) is 0 Å². The van der Waals surface area contributed by atoms with Crippen molar-refractivity contribution in [2.24, 2.45) is 0 Å². The third-order valence-electron chi connectivity index (χ3n) is 3.67. The van der Waals surface area contributed by atoms with Crippen molar-refractivity contribution in [2.45, 2.75) is 25.4 Å². The molecule has 1 aliphatic carbocycles. The molecule has 4 nitrogen and oxygen atoms in total. The second-order valence-corrected chi connectivity index (χ2v) is 6.55. The minimum atomic E-state index is -0.123. The van der Waals surface area contributed by atoms with Crippen molar-refractivity contribution in [3.05, 3.63) is 69.7 Å². The Morgan fingerprint density at radius 1 is 1.00 bits per heavy atom. The van der Waals surface area contributed by atoms with E-state index in [1.54, 1.807) is 24.3 Å². The largest absolute Gasteiger partial charge is 0.349 e. The Morgan fingerprint density at radius 2 is 1.74 bits per heavy atom. The Morgan fingerprint density at radius 3 is 2.39 bits per heavy atom. The van der Waals surface area contributed by atoms with Crippen molar-refractivity contribution in [3.63, 3.8) is 0 Å². The van der Waals surface area contributed by atoms with Crippen LogP contribution in [0.4, 0.5) is 0 Å². The molecule has 2 amide bonds. The van der Waals surface area contributed by atoms with Crippen LogP contribution in [0, 0.1) is 0 Å². The van der Waals surface area contributed by atoms with Crippen LogP contribution in [0.3, 0.4) is 0 Å². The van der Waals surface area contributed by atoms with Gasteiger partial charge in [0.2, 0.25) is 0 Å². The van der Waals surface area contributed by atoms with E-state index in [-0.39, 0.29) is 11.8 Å². The third-order valence-corrected chi connectivity index (χ3v) is 4.16. The van der Waals surface area contributed by atoms with Crippen LogP contribution in [0.1, 0.15) is 39.1 Å². The number of halogens is 1. The molecule has 0 saturated heterocycles. The number of amides is 2. The molecule has 0 radical (unpaired) electrons. The van der Waals surface area contributed by atoms with Gasteiger partial charge in [-0.15, -0.1) is 0 Å². The molecule has 0 bridgehead atoms. The lowest BCUT2D eigenvalue weighted by Crippen LogP contribution is -2.25. The first kappa shape index (κ1) is 15.7. The van der Waals surface area contributed by atoms with Crippen LogP contribution in [0.2, 0.25) is 0 Å². The lowest BCUT2D eigenvalue weighted by atomic mass is 10.1. The number of carbonyl (C=O) groups is 2. The molecule has 0 unspecified atom stereocenters. The molecule has 0 aromatic heterocycles. The first-order chi connectivity index (χ1) is 11.1. The van der Waals surface area contributed by atoms with Gasteiger partial charge in [0, 0.05) is 28.2 Å². The van der Waals surface area contributed by atoms with Gasteiger partial charge in [-0.1, -0.05) is 34.1 Å². The van der Waals surface area contributed by atoms with E-state index >= 15 is 0 Å². The van der Waals surface area contributed by atoms with Gasteiger partial charge >= 0.3 is 0 Å². The van der Waals surface area contributed by atoms with Crippen LogP contribution in [0.5, 0.6) is 0 Å². The zero-order valence-corrected chi connectivity index (χ0v) is 14.1. The summed E-state index contributed by atoms with van der Waals surface area (Å²) in [6.45, 7) is 0.426. The second kappa shape index (κ2) is 6.96. The van der Waals surface area contributed by atoms with Crippen molar-refractivity contribution in [1.82, 2.24) is 10.6 Å². The van der Waals surface area contributed by atoms with Crippen molar-refractivity contribution in [2.75, 3.05) is 0 Å². The molecule has 5 heteroatoms. The Bertz CT molecular complexity index is 724. The van der Waals surface area contributed by atoms with Crippen molar-refractivity contribution in [1.29, 1.82) is 0 Å². The van der Waals surface area contributed by atoms with Gasteiger partial charge in [0.05, 0.1) is 0 Å². The molecule has 1 saturated carbocycles. The highest BCUT2D eigenvalue weighted by molar-refractivity contribution is 9.10. The molecule has 0 spiro atoms. The quantitative estimate of drug-likeness (QED) is 0.845. The summed E-state index contributed by atoms with van der Waals surface area (Å²) in [4.78, 5) is 24.0. The monoisotopic (exact) mass is 372 g/mol. The molecule has 3 rings (SSSR count). The van der Waals surface area contributed by atoms with E-state index in [0.29, 0.717) is 23.7 Å². The molecular formula is C18H17BrN2O2. The molecule has 0 aliphatic heterocycles. The van der Waals surface area contributed by atoms with E-state index in [1.165, 1.54) is 0 Å². The predicted molar refractivity (Wildman–Crippen MR) is 92.2 cm³/mol. The molecule has 0 atom stereocenters. The minimum absolute atomic E-state index is 0.0304. The van der Waals surface area contributed by atoms with Crippen molar-refractivity contribution < 1.29 is 9.59 Å². The van der Waals surface area contributed by atoms with E-state index in [1.807, 2.05) is 24.3 Å². The van der Waals surface area contributed by atoms with Gasteiger partial charge in [0.25, 0.3) is 11.8 Å². The smallest absolute Gasteiger partial charge is 0.251 e. The molecule has 2 aromatic rings. The Kier molecular flexibility index (Phi) is 4.76. The number of hydrogen-bond donors (Lipinski definition) is 2. The Hall–Kier alpha value is -2.14. The molecule has 1 fully saturated rings. The maximum absolute atomic E-state index is 12.1. The van der Waals surface area contributed by atoms with Crippen LogP contribution < -0.4 is 10.6 Å². The predicted octanol–water partition coefficient (Wildman–Crippen LogP) is 3.27. The average molecular weight is 373 g/mol. The highest BCUT2D eigenvalue weighted by Gasteiger charge is 2.23. The molecule has 0 heterocycles. The van der Waals surface area contributed by atoms with E-state index in [9.17, 15) is 9.59 Å². The van der Waals surface area contributed by atoms with Crippen LogP contribution in [-0.4, -0.2) is 17.9 Å². The summed E-state index contributed by atoms with van der Waals surface area (Å²) < 4.78 is 0.871. The molecule has 2 N–H and O–H groups in total. The molecule has 1 aliphatic rings. The van der Waals surface area contributed by atoms with Crippen molar-refractivity contribution >= 4 is 27.7 Å². The summed E-state index contributed by atoms with van der Waals surface area (Å²) in [5, 5.41) is 5.83. The first-order valence-corrected chi connectivity index (χ1v) is 8.35. The van der Waals surface area contributed by atoms with Crippen LogP contribution >= 0.6 is 15.9 Å². The summed E-state index contributed by atoms with van der Waals surface area (Å²) in [6, 6.07) is 14.9. The Labute approximate surface area is 143 Å². The van der Waals surface area contributed by atoms with Gasteiger partial charge in [-0.05, 0) is 48.7 Å². The van der Waals surface area contributed by atoms with Crippen LogP contribution in [-0.2, 0) is 6.54 Å². The number of carbonyl (C=O) groups excluding carboxylic acids is 2. The summed E-state index contributed by atoms with van der Waals surface area (Å²) >= 11 is 3.35. The second-order valence-electron chi connectivity index (χ2n) is 5.64. The highest BCUT2D eigenvalue weighted by atomic mass is 79.9. The van der Waals surface area contributed by atoms with Gasteiger partial charge in [-0.2, -0.15) is 0 Å². The SMILES string of the molecule is O=C(NCc1ccc(C(=O)NC2CC2)cc1)c1cccc(Br)c1. The third kappa shape index (κ3) is 4.42. The highest BCUT2D eigenvalue weighted by Crippen LogP contribution is 2.19. The maximum atomic E-state index is 12.1. The summed E-state index contributed by atoms with van der Waals surface area (Å²) in [5.74, 6) is -0.154. The molecule has 118 valence electrons. The number of hydrogen-bond acceptors (Lipinski definition) is 2.